The third-order valence-electron chi connectivity index (χ3n) is 5.51. The average molecular weight is 477 g/mol. The van der Waals surface area contributed by atoms with Gasteiger partial charge in [0.05, 0.1) is 16.3 Å². The van der Waals surface area contributed by atoms with E-state index in [2.05, 4.69) is 10.0 Å². The number of anilines is 1. The van der Waals surface area contributed by atoms with Crippen LogP contribution in [0.2, 0.25) is 0 Å². The van der Waals surface area contributed by atoms with Gasteiger partial charge in [0, 0.05) is 19.2 Å². The topological polar surface area (TPSA) is 102 Å². The number of hydrogen-bond donors (Lipinski definition) is 2. The Kier molecular flexibility index (Phi) is 6.49. The first kappa shape index (κ1) is 23.2. The second-order valence-electron chi connectivity index (χ2n) is 7.73. The van der Waals surface area contributed by atoms with Crippen molar-refractivity contribution in [2.75, 3.05) is 5.32 Å². The summed E-state index contributed by atoms with van der Waals surface area (Å²) in [7, 11) is -2.12. The Morgan fingerprint density at radius 3 is 2.24 bits per heavy atom. The highest BCUT2D eigenvalue weighted by Gasteiger charge is 2.20. The van der Waals surface area contributed by atoms with Crippen LogP contribution in [0.25, 0.3) is 5.69 Å². The lowest BCUT2D eigenvalue weighted by atomic mass is 10.2. The molecule has 0 aliphatic heterocycles. The van der Waals surface area contributed by atoms with E-state index in [1.165, 1.54) is 28.9 Å². The Morgan fingerprint density at radius 2 is 1.56 bits per heavy atom. The highest BCUT2D eigenvalue weighted by Crippen LogP contribution is 2.17. The highest BCUT2D eigenvalue weighted by atomic mass is 32.2. The number of para-hydroxylation sites is 1. The molecule has 0 fully saturated rings. The molecule has 3 aromatic carbocycles. The molecule has 0 aliphatic carbocycles. The molecule has 0 spiro atoms. The van der Waals surface area contributed by atoms with Gasteiger partial charge < -0.3 is 5.32 Å². The van der Waals surface area contributed by atoms with Crippen LogP contribution in [0.4, 0.5) is 5.69 Å². The van der Waals surface area contributed by atoms with Gasteiger partial charge in [-0.1, -0.05) is 54.6 Å². The van der Waals surface area contributed by atoms with Gasteiger partial charge in [-0.15, -0.1) is 0 Å². The van der Waals surface area contributed by atoms with Crippen LogP contribution in [0.1, 0.15) is 21.6 Å². The molecule has 0 saturated heterocycles. The maximum Gasteiger partial charge on any atom is 0.295 e. The van der Waals surface area contributed by atoms with Crippen molar-refractivity contribution in [2.45, 2.75) is 18.4 Å². The molecule has 0 radical (unpaired) electrons. The van der Waals surface area contributed by atoms with Gasteiger partial charge in [0.25, 0.3) is 11.5 Å². The maximum absolute atomic E-state index is 13.0. The fourth-order valence-electron chi connectivity index (χ4n) is 3.56. The largest absolute Gasteiger partial charge is 0.316 e. The smallest absolute Gasteiger partial charge is 0.295 e. The summed E-state index contributed by atoms with van der Waals surface area (Å²) in [5.41, 5.74) is 1.91. The van der Waals surface area contributed by atoms with Crippen LogP contribution in [0.3, 0.4) is 0 Å². The second kappa shape index (κ2) is 9.50. The van der Waals surface area contributed by atoms with Gasteiger partial charge in [0.1, 0.15) is 5.69 Å². The van der Waals surface area contributed by atoms with E-state index in [-0.39, 0.29) is 28.3 Å². The number of carbonyl (C=O) groups excluding carboxylic acids is 1. The number of carbonyl (C=O) groups is 1. The van der Waals surface area contributed by atoms with E-state index >= 15 is 0 Å². The standard InChI is InChI=1S/C25H24N4O4S/c1-18-23(25(31)29(28(18)2)21-13-7-4-8-14-21)27-24(30)20-12-9-15-22(16-20)34(32,33)26-17-19-10-5-3-6-11-19/h3-16,26H,17H2,1-2H3,(H,27,30). The molecule has 4 aromatic rings. The van der Waals surface area contributed by atoms with Crippen LogP contribution in [-0.2, 0) is 23.6 Å². The van der Waals surface area contributed by atoms with E-state index in [1.54, 1.807) is 30.8 Å². The van der Waals surface area contributed by atoms with Crippen molar-refractivity contribution in [2.24, 2.45) is 7.05 Å². The van der Waals surface area contributed by atoms with E-state index in [0.29, 0.717) is 11.4 Å². The zero-order chi connectivity index (χ0) is 24.3. The molecule has 1 aromatic heterocycles. The molecule has 0 atom stereocenters. The predicted molar refractivity (Wildman–Crippen MR) is 131 cm³/mol. The lowest BCUT2D eigenvalue weighted by Gasteiger charge is -2.09. The first-order valence-corrected chi connectivity index (χ1v) is 12.1. The van der Waals surface area contributed by atoms with Crippen LogP contribution >= 0.6 is 0 Å². The summed E-state index contributed by atoms with van der Waals surface area (Å²) < 4.78 is 31.2. The van der Waals surface area contributed by atoms with Crippen LogP contribution in [0.5, 0.6) is 0 Å². The number of sulfonamides is 1. The first-order chi connectivity index (χ1) is 16.3. The zero-order valence-electron chi connectivity index (χ0n) is 18.7. The van der Waals surface area contributed by atoms with Gasteiger partial charge in [-0.05, 0) is 42.8 Å². The molecule has 174 valence electrons. The molecule has 0 saturated carbocycles. The van der Waals surface area contributed by atoms with Gasteiger partial charge in [-0.25, -0.2) is 17.8 Å². The zero-order valence-corrected chi connectivity index (χ0v) is 19.5. The number of nitrogens with one attached hydrogen (secondary N) is 2. The normalized spacial score (nSPS) is 11.4. The molecular weight excluding hydrogens is 452 g/mol. The Morgan fingerprint density at radius 1 is 0.912 bits per heavy atom. The number of nitrogens with zero attached hydrogens (tertiary/aromatic N) is 2. The van der Waals surface area contributed by atoms with E-state index in [1.807, 2.05) is 48.5 Å². The predicted octanol–water partition coefficient (Wildman–Crippen LogP) is 3.22. The third-order valence-corrected chi connectivity index (χ3v) is 6.91. The number of hydrogen-bond acceptors (Lipinski definition) is 4. The molecule has 0 bridgehead atoms. The van der Waals surface area contributed by atoms with Crippen molar-refractivity contribution in [3.05, 3.63) is 112 Å². The molecule has 0 aliphatic rings. The minimum absolute atomic E-state index is 0.0393. The Hall–Kier alpha value is -3.95. The van der Waals surface area contributed by atoms with Crippen LogP contribution < -0.4 is 15.6 Å². The minimum Gasteiger partial charge on any atom is -0.316 e. The summed E-state index contributed by atoms with van der Waals surface area (Å²) >= 11 is 0. The fourth-order valence-corrected chi connectivity index (χ4v) is 4.62. The SMILES string of the molecule is Cc1c(NC(=O)c2cccc(S(=O)(=O)NCc3ccccc3)c2)c(=O)n(-c2ccccc2)n1C. The van der Waals surface area contributed by atoms with Crippen molar-refractivity contribution in [3.8, 4) is 5.69 Å². The van der Waals surface area contributed by atoms with E-state index < -0.39 is 15.9 Å². The summed E-state index contributed by atoms with van der Waals surface area (Å²) in [5, 5.41) is 2.65. The molecule has 9 heteroatoms. The van der Waals surface area contributed by atoms with Gasteiger partial charge in [-0.2, -0.15) is 0 Å². The van der Waals surface area contributed by atoms with Crippen molar-refractivity contribution in [1.29, 1.82) is 0 Å². The molecule has 0 unspecified atom stereocenters. The van der Waals surface area contributed by atoms with Crippen LogP contribution in [-0.4, -0.2) is 23.7 Å². The summed E-state index contributed by atoms with van der Waals surface area (Å²) in [6.45, 7) is 1.85. The summed E-state index contributed by atoms with van der Waals surface area (Å²) in [6, 6.07) is 23.9. The van der Waals surface area contributed by atoms with Crippen molar-refractivity contribution < 1.29 is 13.2 Å². The van der Waals surface area contributed by atoms with Crippen molar-refractivity contribution in [1.82, 2.24) is 14.1 Å². The maximum atomic E-state index is 13.0. The highest BCUT2D eigenvalue weighted by molar-refractivity contribution is 7.89. The summed E-state index contributed by atoms with van der Waals surface area (Å²) in [5.74, 6) is -0.578. The van der Waals surface area contributed by atoms with Gasteiger partial charge in [-0.3, -0.25) is 14.3 Å². The average Bonchev–Trinajstić information content (AvgIpc) is 3.07. The molecule has 1 amide bonds. The third kappa shape index (κ3) is 4.70. The fraction of sp³-hybridized carbons (Fsp3) is 0.120. The molecular formula is C25H24N4O4S. The quantitative estimate of drug-likeness (QED) is 0.428. The van der Waals surface area contributed by atoms with Crippen LogP contribution in [0, 0.1) is 6.92 Å². The first-order valence-electron chi connectivity index (χ1n) is 10.6. The Balaban J connectivity index is 1.57. The summed E-state index contributed by atoms with van der Waals surface area (Å²) in [4.78, 5) is 26.0. The minimum atomic E-state index is -3.84. The molecule has 34 heavy (non-hydrogen) atoms. The number of amides is 1. The van der Waals surface area contributed by atoms with E-state index in [9.17, 15) is 18.0 Å². The summed E-state index contributed by atoms with van der Waals surface area (Å²) in [6.07, 6.45) is 0. The Bertz CT molecular complexity index is 1490. The van der Waals surface area contributed by atoms with E-state index in [0.717, 1.165) is 5.56 Å². The Labute approximate surface area is 197 Å². The van der Waals surface area contributed by atoms with Gasteiger partial charge in [0.2, 0.25) is 10.0 Å². The number of benzene rings is 3. The molecule has 2 N–H and O–H groups in total. The van der Waals surface area contributed by atoms with Crippen molar-refractivity contribution in [3.63, 3.8) is 0 Å². The van der Waals surface area contributed by atoms with E-state index in [4.69, 9.17) is 0 Å². The van der Waals surface area contributed by atoms with Gasteiger partial charge in [0.15, 0.2) is 0 Å². The molecule has 8 nitrogen and oxygen atoms in total. The lowest BCUT2D eigenvalue weighted by Crippen LogP contribution is -2.24. The molecule has 4 rings (SSSR count). The van der Waals surface area contributed by atoms with Crippen molar-refractivity contribution >= 4 is 21.6 Å². The second-order valence-corrected chi connectivity index (χ2v) is 9.50. The number of aromatic nitrogens is 2. The number of rotatable bonds is 7. The molecule has 1 heterocycles. The monoisotopic (exact) mass is 476 g/mol. The lowest BCUT2D eigenvalue weighted by molar-refractivity contribution is 0.102. The van der Waals surface area contributed by atoms with Crippen LogP contribution in [0.15, 0.2) is 94.6 Å². The van der Waals surface area contributed by atoms with Gasteiger partial charge >= 0.3 is 0 Å².